The molecule has 0 saturated heterocycles. The maximum absolute atomic E-state index is 6.15. The van der Waals surface area contributed by atoms with Crippen LogP contribution in [-0.4, -0.2) is 11.0 Å². The molecule has 4 heteroatoms. The number of aromatic nitrogens is 1. The molecule has 0 radical (unpaired) electrons. The lowest BCUT2D eigenvalue weighted by Crippen LogP contribution is -2.18. The fourth-order valence-corrected chi connectivity index (χ4v) is 3.37. The summed E-state index contributed by atoms with van der Waals surface area (Å²) in [4.78, 5) is 4.53. The van der Waals surface area contributed by atoms with Crippen molar-refractivity contribution in [2.24, 2.45) is 0 Å². The minimum Gasteiger partial charge on any atom is -0.397 e. The predicted octanol–water partition coefficient (Wildman–Crippen LogP) is 4.23. The molecule has 3 nitrogen and oxygen atoms in total. The van der Waals surface area contributed by atoms with Gasteiger partial charge in [0, 0.05) is 6.04 Å². The monoisotopic (exact) mass is 297 g/mol. The predicted molar refractivity (Wildman–Crippen MR) is 92.0 cm³/mol. The first-order valence-corrected chi connectivity index (χ1v) is 7.90. The summed E-state index contributed by atoms with van der Waals surface area (Å²) in [5.41, 5.74) is 10.2. The SMILES string of the molecule is Cc1nc2cc(NC(C)Cc3ccccc3)c(N)cc2s1. The number of rotatable bonds is 4. The summed E-state index contributed by atoms with van der Waals surface area (Å²) < 4.78 is 1.14. The van der Waals surface area contributed by atoms with Crippen LogP contribution in [0.4, 0.5) is 11.4 Å². The molecule has 0 saturated carbocycles. The molecule has 108 valence electrons. The van der Waals surface area contributed by atoms with Crippen LogP contribution in [-0.2, 0) is 6.42 Å². The number of hydrogen-bond acceptors (Lipinski definition) is 4. The van der Waals surface area contributed by atoms with Gasteiger partial charge in [0.25, 0.3) is 0 Å². The number of nitrogen functional groups attached to an aromatic ring is 1. The Morgan fingerprint density at radius 3 is 2.76 bits per heavy atom. The van der Waals surface area contributed by atoms with E-state index < -0.39 is 0 Å². The third-order valence-corrected chi connectivity index (χ3v) is 4.39. The van der Waals surface area contributed by atoms with Gasteiger partial charge in [0.2, 0.25) is 0 Å². The summed E-state index contributed by atoms with van der Waals surface area (Å²) in [6.07, 6.45) is 0.967. The highest BCUT2D eigenvalue weighted by Crippen LogP contribution is 2.30. The van der Waals surface area contributed by atoms with Crippen LogP contribution in [0.3, 0.4) is 0 Å². The highest BCUT2D eigenvalue weighted by atomic mass is 32.1. The van der Waals surface area contributed by atoms with Gasteiger partial charge in [-0.15, -0.1) is 11.3 Å². The van der Waals surface area contributed by atoms with E-state index in [1.54, 1.807) is 11.3 Å². The van der Waals surface area contributed by atoms with Gasteiger partial charge in [-0.05, 0) is 38.0 Å². The van der Waals surface area contributed by atoms with Crippen molar-refractivity contribution in [1.29, 1.82) is 0 Å². The first-order valence-electron chi connectivity index (χ1n) is 7.09. The van der Waals surface area contributed by atoms with Gasteiger partial charge in [0.1, 0.15) is 0 Å². The maximum atomic E-state index is 6.15. The van der Waals surface area contributed by atoms with Gasteiger partial charge < -0.3 is 11.1 Å². The second kappa shape index (κ2) is 5.74. The van der Waals surface area contributed by atoms with Crippen molar-refractivity contribution in [3.63, 3.8) is 0 Å². The van der Waals surface area contributed by atoms with E-state index in [9.17, 15) is 0 Å². The van der Waals surface area contributed by atoms with Gasteiger partial charge in [-0.3, -0.25) is 0 Å². The molecule has 21 heavy (non-hydrogen) atoms. The van der Waals surface area contributed by atoms with E-state index in [1.807, 2.05) is 19.1 Å². The maximum Gasteiger partial charge on any atom is 0.0907 e. The van der Waals surface area contributed by atoms with E-state index in [0.29, 0.717) is 6.04 Å². The van der Waals surface area contributed by atoms with E-state index in [-0.39, 0.29) is 0 Å². The van der Waals surface area contributed by atoms with E-state index in [4.69, 9.17) is 5.73 Å². The van der Waals surface area contributed by atoms with E-state index in [2.05, 4.69) is 47.6 Å². The van der Waals surface area contributed by atoms with Crippen molar-refractivity contribution in [3.05, 3.63) is 53.0 Å². The van der Waals surface area contributed by atoms with E-state index >= 15 is 0 Å². The van der Waals surface area contributed by atoms with Crippen molar-refractivity contribution in [1.82, 2.24) is 4.98 Å². The molecule has 3 N–H and O–H groups in total. The number of nitrogens with zero attached hydrogens (tertiary/aromatic N) is 1. The highest BCUT2D eigenvalue weighted by Gasteiger charge is 2.09. The fraction of sp³-hybridized carbons (Fsp3) is 0.235. The molecule has 0 aliphatic rings. The molecule has 0 fully saturated rings. The lowest BCUT2D eigenvalue weighted by molar-refractivity contribution is 0.791. The Morgan fingerprint density at radius 2 is 2.00 bits per heavy atom. The molecular weight excluding hydrogens is 278 g/mol. The molecular formula is C17H19N3S. The van der Waals surface area contributed by atoms with Crippen LogP contribution in [0, 0.1) is 6.92 Å². The minimum absolute atomic E-state index is 0.312. The summed E-state index contributed by atoms with van der Waals surface area (Å²) in [6, 6.07) is 14.8. The lowest BCUT2D eigenvalue weighted by Gasteiger charge is -2.17. The Hall–Kier alpha value is -2.07. The van der Waals surface area contributed by atoms with Crippen LogP contribution in [0.5, 0.6) is 0 Å². The zero-order chi connectivity index (χ0) is 14.8. The Kier molecular flexibility index (Phi) is 3.80. The number of nitrogens with one attached hydrogen (secondary N) is 1. The molecule has 0 aliphatic carbocycles. The Labute approximate surface area is 128 Å². The topological polar surface area (TPSA) is 50.9 Å². The van der Waals surface area contributed by atoms with Crippen LogP contribution < -0.4 is 11.1 Å². The molecule has 0 aliphatic heterocycles. The van der Waals surface area contributed by atoms with E-state index in [1.165, 1.54) is 5.56 Å². The zero-order valence-electron chi connectivity index (χ0n) is 12.3. The largest absolute Gasteiger partial charge is 0.397 e. The molecule has 0 spiro atoms. The third-order valence-electron chi connectivity index (χ3n) is 3.45. The number of hydrogen-bond donors (Lipinski definition) is 2. The van der Waals surface area contributed by atoms with Crippen LogP contribution in [0.25, 0.3) is 10.2 Å². The van der Waals surface area contributed by atoms with Crippen molar-refractivity contribution < 1.29 is 0 Å². The van der Waals surface area contributed by atoms with Crippen molar-refractivity contribution in [2.45, 2.75) is 26.3 Å². The summed E-state index contributed by atoms with van der Waals surface area (Å²) in [7, 11) is 0. The van der Waals surface area contributed by atoms with Crippen LogP contribution in [0.15, 0.2) is 42.5 Å². The van der Waals surface area contributed by atoms with Crippen LogP contribution in [0.2, 0.25) is 0 Å². The third kappa shape index (κ3) is 3.16. The van der Waals surface area contributed by atoms with Crippen LogP contribution in [0.1, 0.15) is 17.5 Å². The molecule has 0 amide bonds. The Bertz CT molecular complexity index is 749. The number of fused-ring (bicyclic) bond motifs is 1. The highest BCUT2D eigenvalue weighted by molar-refractivity contribution is 7.18. The van der Waals surface area contributed by atoms with E-state index in [0.717, 1.165) is 33.0 Å². The van der Waals surface area contributed by atoms with Gasteiger partial charge in [-0.25, -0.2) is 4.98 Å². The molecule has 1 aromatic heterocycles. The average Bonchev–Trinajstić information content (AvgIpc) is 2.79. The number of anilines is 2. The molecule has 1 unspecified atom stereocenters. The normalized spacial score (nSPS) is 12.5. The Balaban J connectivity index is 1.79. The zero-order valence-corrected chi connectivity index (χ0v) is 13.1. The van der Waals surface area contributed by atoms with Gasteiger partial charge >= 0.3 is 0 Å². The van der Waals surface area contributed by atoms with Crippen molar-refractivity contribution in [2.75, 3.05) is 11.1 Å². The summed E-state index contributed by atoms with van der Waals surface area (Å²) in [6.45, 7) is 4.19. The van der Waals surface area contributed by atoms with Gasteiger partial charge in [0.05, 0.1) is 26.6 Å². The summed E-state index contributed by atoms with van der Waals surface area (Å²) in [5, 5.41) is 4.57. The van der Waals surface area contributed by atoms with Gasteiger partial charge in [-0.1, -0.05) is 30.3 Å². The molecule has 0 bridgehead atoms. The standard InChI is InChI=1S/C17H19N3S/c1-11(8-13-6-4-3-5-7-13)19-15-10-16-17(9-14(15)18)21-12(2)20-16/h3-7,9-11,19H,8,18H2,1-2H3. The second-order valence-corrected chi connectivity index (χ2v) is 6.61. The van der Waals surface area contributed by atoms with Gasteiger partial charge in [-0.2, -0.15) is 0 Å². The first-order chi connectivity index (χ1) is 10.1. The second-order valence-electron chi connectivity index (χ2n) is 5.38. The summed E-state index contributed by atoms with van der Waals surface area (Å²) >= 11 is 1.68. The molecule has 3 rings (SSSR count). The number of aryl methyl sites for hydroxylation is 1. The summed E-state index contributed by atoms with van der Waals surface area (Å²) in [5.74, 6) is 0. The van der Waals surface area contributed by atoms with Crippen molar-refractivity contribution in [3.8, 4) is 0 Å². The minimum atomic E-state index is 0.312. The molecule has 1 heterocycles. The average molecular weight is 297 g/mol. The molecule has 1 atom stereocenters. The quantitative estimate of drug-likeness (QED) is 0.709. The fourth-order valence-electron chi connectivity index (χ4n) is 2.51. The number of nitrogens with two attached hydrogens (primary N) is 1. The Morgan fingerprint density at radius 1 is 1.24 bits per heavy atom. The molecule has 3 aromatic rings. The first kappa shape index (κ1) is 13.9. The molecule has 2 aromatic carbocycles. The number of benzene rings is 2. The van der Waals surface area contributed by atoms with Crippen LogP contribution >= 0.6 is 11.3 Å². The number of thiazole rings is 1. The van der Waals surface area contributed by atoms with Crippen molar-refractivity contribution >= 4 is 32.9 Å². The van der Waals surface area contributed by atoms with Gasteiger partial charge in [0.15, 0.2) is 0 Å². The lowest BCUT2D eigenvalue weighted by atomic mass is 10.1. The smallest absolute Gasteiger partial charge is 0.0907 e.